The topological polar surface area (TPSA) is 82.5 Å². The Morgan fingerprint density at radius 1 is 1.25 bits per heavy atom. The van der Waals surface area contributed by atoms with E-state index in [4.69, 9.17) is 11.6 Å². The minimum atomic E-state index is -0.983. The van der Waals surface area contributed by atoms with Crippen molar-refractivity contribution in [1.29, 1.82) is 0 Å². The number of hydrogen-bond donors (Lipinski definition) is 2. The zero-order chi connectivity index (χ0) is 17.1. The lowest BCUT2D eigenvalue weighted by Crippen LogP contribution is -2.42. The van der Waals surface area contributed by atoms with E-state index in [1.54, 1.807) is 24.5 Å². The molecule has 2 N–H and O–H groups in total. The van der Waals surface area contributed by atoms with Crippen molar-refractivity contribution in [1.82, 2.24) is 9.88 Å². The van der Waals surface area contributed by atoms with Gasteiger partial charge in [-0.15, -0.1) is 0 Å². The zero-order valence-corrected chi connectivity index (χ0v) is 13.5. The molecule has 1 aliphatic rings. The van der Waals surface area contributed by atoms with E-state index in [0.717, 1.165) is 11.1 Å². The van der Waals surface area contributed by atoms with E-state index < -0.39 is 18.0 Å². The van der Waals surface area contributed by atoms with Crippen molar-refractivity contribution in [3.05, 3.63) is 47.7 Å². The Labute approximate surface area is 144 Å². The first kappa shape index (κ1) is 16.3. The minimum Gasteiger partial charge on any atom is -0.480 e. The van der Waals surface area contributed by atoms with Gasteiger partial charge in [-0.1, -0.05) is 17.7 Å². The van der Waals surface area contributed by atoms with Crippen LogP contribution in [-0.2, 0) is 4.79 Å². The molecule has 0 saturated carbocycles. The number of benzene rings is 1. The number of nitrogens with one attached hydrogen (secondary N) is 1. The third-order valence-corrected chi connectivity index (χ3v) is 4.25. The molecule has 124 valence electrons. The molecular formula is C17H16ClN3O3. The number of pyridine rings is 1. The quantitative estimate of drug-likeness (QED) is 0.892. The van der Waals surface area contributed by atoms with E-state index >= 15 is 0 Å². The second-order valence-electron chi connectivity index (χ2n) is 5.55. The number of urea groups is 1. The van der Waals surface area contributed by atoms with Gasteiger partial charge in [0, 0.05) is 29.5 Å². The maximum Gasteiger partial charge on any atom is 0.326 e. The number of carboxylic acids is 1. The summed E-state index contributed by atoms with van der Waals surface area (Å²) in [5.41, 5.74) is 2.21. The highest BCUT2D eigenvalue weighted by Gasteiger charge is 2.34. The molecule has 24 heavy (non-hydrogen) atoms. The van der Waals surface area contributed by atoms with E-state index in [1.807, 2.05) is 18.2 Å². The van der Waals surface area contributed by atoms with Crippen LogP contribution in [0.1, 0.15) is 12.8 Å². The van der Waals surface area contributed by atoms with Crippen molar-refractivity contribution < 1.29 is 14.7 Å². The van der Waals surface area contributed by atoms with Crippen molar-refractivity contribution in [3.63, 3.8) is 0 Å². The molecule has 0 unspecified atom stereocenters. The molecule has 0 aliphatic carbocycles. The molecule has 1 aromatic heterocycles. The molecule has 1 saturated heterocycles. The lowest BCUT2D eigenvalue weighted by atomic mass is 10.1. The highest BCUT2D eigenvalue weighted by molar-refractivity contribution is 6.31. The standard InChI is InChI=1S/C17H16ClN3O3/c18-12-3-4-13(11-5-7-19-8-6-11)14(10-12)20-17(24)21-9-1-2-15(21)16(22)23/h3-8,10,15H,1-2,9H2,(H,20,24)(H,22,23)/t15-/m1/s1. The number of amides is 2. The predicted octanol–water partition coefficient (Wildman–Crippen LogP) is 3.48. The largest absolute Gasteiger partial charge is 0.480 e. The Bertz CT molecular complexity index is 767. The van der Waals surface area contributed by atoms with E-state index in [2.05, 4.69) is 10.3 Å². The summed E-state index contributed by atoms with van der Waals surface area (Å²) in [6.45, 7) is 0.425. The predicted molar refractivity (Wildman–Crippen MR) is 91.1 cm³/mol. The number of carbonyl (C=O) groups excluding carboxylic acids is 1. The van der Waals surface area contributed by atoms with Crippen LogP contribution in [-0.4, -0.2) is 39.6 Å². The van der Waals surface area contributed by atoms with Crippen molar-refractivity contribution in [2.45, 2.75) is 18.9 Å². The smallest absolute Gasteiger partial charge is 0.326 e. The highest BCUT2D eigenvalue weighted by Crippen LogP contribution is 2.31. The Kier molecular flexibility index (Phi) is 4.66. The molecule has 2 aromatic rings. The van der Waals surface area contributed by atoms with Crippen LogP contribution in [0.5, 0.6) is 0 Å². The summed E-state index contributed by atoms with van der Waals surface area (Å²) in [6.07, 6.45) is 4.47. The Morgan fingerprint density at radius 2 is 2.00 bits per heavy atom. The second-order valence-corrected chi connectivity index (χ2v) is 5.98. The van der Waals surface area contributed by atoms with Crippen molar-refractivity contribution in [2.75, 3.05) is 11.9 Å². The molecule has 2 amide bonds. The zero-order valence-electron chi connectivity index (χ0n) is 12.8. The summed E-state index contributed by atoms with van der Waals surface area (Å²) >= 11 is 6.06. The Balaban J connectivity index is 1.88. The van der Waals surface area contributed by atoms with Crippen LogP contribution in [0.15, 0.2) is 42.7 Å². The highest BCUT2D eigenvalue weighted by atomic mass is 35.5. The maximum absolute atomic E-state index is 12.5. The number of halogens is 1. The summed E-state index contributed by atoms with van der Waals surface area (Å²) < 4.78 is 0. The van der Waals surface area contributed by atoms with Crippen molar-refractivity contribution >= 4 is 29.3 Å². The number of carboxylic acid groups (broad SMARTS) is 1. The van der Waals surface area contributed by atoms with Gasteiger partial charge in [0.25, 0.3) is 0 Å². The number of nitrogens with zero attached hydrogens (tertiary/aromatic N) is 2. The SMILES string of the molecule is O=C(O)[C@H]1CCCN1C(=O)Nc1cc(Cl)ccc1-c1ccncc1. The van der Waals surface area contributed by atoms with E-state index in [9.17, 15) is 14.7 Å². The molecule has 0 radical (unpaired) electrons. The van der Waals surface area contributed by atoms with Gasteiger partial charge in [-0.25, -0.2) is 9.59 Å². The fourth-order valence-electron chi connectivity index (χ4n) is 2.86. The van der Waals surface area contributed by atoms with Crippen molar-refractivity contribution in [3.8, 4) is 11.1 Å². The van der Waals surface area contributed by atoms with E-state index in [-0.39, 0.29) is 0 Å². The van der Waals surface area contributed by atoms with Gasteiger partial charge in [0.05, 0.1) is 5.69 Å². The van der Waals surface area contributed by atoms with Crippen LogP contribution < -0.4 is 5.32 Å². The number of likely N-dealkylation sites (tertiary alicyclic amines) is 1. The second kappa shape index (κ2) is 6.88. The van der Waals surface area contributed by atoms with Crippen LogP contribution in [0.3, 0.4) is 0 Å². The molecule has 2 heterocycles. The third-order valence-electron chi connectivity index (χ3n) is 4.01. The van der Waals surface area contributed by atoms with Gasteiger partial charge in [0.15, 0.2) is 0 Å². The molecule has 1 aliphatic heterocycles. The van der Waals surface area contributed by atoms with Gasteiger partial charge in [-0.2, -0.15) is 0 Å². The molecule has 7 heteroatoms. The summed E-state index contributed by atoms with van der Waals surface area (Å²) in [7, 11) is 0. The van der Waals surface area contributed by atoms with Crippen molar-refractivity contribution in [2.24, 2.45) is 0 Å². The number of hydrogen-bond acceptors (Lipinski definition) is 3. The average molecular weight is 346 g/mol. The van der Waals surface area contributed by atoms with Gasteiger partial charge in [0.2, 0.25) is 0 Å². The monoisotopic (exact) mass is 345 g/mol. The third kappa shape index (κ3) is 3.33. The normalized spacial score (nSPS) is 16.9. The Morgan fingerprint density at radius 3 is 2.71 bits per heavy atom. The molecule has 1 aromatic carbocycles. The number of aromatic nitrogens is 1. The molecule has 0 spiro atoms. The molecule has 6 nitrogen and oxygen atoms in total. The Hall–Kier alpha value is -2.60. The lowest BCUT2D eigenvalue weighted by Gasteiger charge is -2.22. The summed E-state index contributed by atoms with van der Waals surface area (Å²) in [4.78, 5) is 29.1. The van der Waals surface area contributed by atoms with E-state index in [0.29, 0.717) is 30.1 Å². The molecule has 1 fully saturated rings. The number of rotatable bonds is 3. The summed E-state index contributed by atoms with van der Waals surface area (Å²) in [6, 6.07) is 7.64. The number of carbonyl (C=O) groups is 2. The van der Waals surface area contributed by atoms with Crippen LogP contribution >= 0.6 is 11.6 Å². The average Bonchev–Trinajstić information content (AvgIpc) is 3.06. The first-order valence-corrected chi connectivity index (χ1v) is 7.94. The minimum absolute atomic E-state index is 0.425. The van der Waals surface area contributed by atoms with Gasteiger partial charge < -0.3 is 15.3 Å². The first-order valence-electron chi connectivity index (χ1n) is 7.56. The molecule has 3 rings (SSSR count). The fourth-order valence-corrected chi connectivity index (χ4v) is 3.03. The molecule has 0 bridgehead atoms. The van der Waals surface area contributed by atoms with Crippen LogP contribution in [0.2, 0.25) is 5.02 Å². The van der Waals surface area contributed by atoms with Gasteiger partial charge in [-0.05, 0) is 42.7 Å². The van der Waals surface area contributed by atoms with Gasteiger partial charge in [-0.3, -0.25) is 4.98 Å². The fraction of sp³-hybridized carbons (Fsp3) is 0.235. The maximum atomic E-state index is 12.5. The lowest BCUT2D eigenvalue weighted by molar-refractivity contribution is -0.141. The summed E-state index contributed by atoms with van der Waals surface area (Å²) in [5, 5.41) is 12.5. The number of aliphatic carboxylic acids is 1. The molecular weight excluding hydrogens is 330 g/mol. The van der Waals surface area contributed by atoms with E-state index in [1.165, 1.54) is 4.90 Å². The number of anilines is 1. The molecule has 1 atom stereocenters. The van der Waals surface area contributed by atoms with Crippen LogP contribution in [0.4, 0.5) is 10.5 Å². The van der Waals surface area contributed by atoms with Crippen LogP contribution in [0.25, 0.3) is 11.1 Å². The van der Waals surface area contributed by atoms with Gasteiger partial charge >= 0.3 is 12.0 Å². The summed E-state index contributed by atoms with van der Waals surface area (Å²) in [5.74, 6) is -0.983. The van der Waals surface area contributed by atoms with Gasteiger partial charge in [0.1, 0.15) is 6.04 Å². The first-order chi connectivity index (χ1) is 11.6. The van der Waals surface area contributed by atoms with Crippen LogP contribution in [0, 0.1) is 0 Å².